The zero-order chi connectivity index (χ0) is 24.1. The highest BCUT2D eigenvalue weighted by Crippen LogP contribution is 2.32. The molecule has 3 aromatic carbocycles. The third kappa shape index (κ3) is 5.30. The number of benzene rings is 3. The van der Waals surface area contributed by atoms with Gasteiger partial charge in [0, 0.05) is 12.1 Å². The lowest BCUT2D eigenvalue weighted by Gasteiger charge is -2.10. The number of esters is 1. The molecule has 4 rings (SSSR count). The zero-order valence-corrected chi connectivity index (χ0v) is 18.6. The van der Waals surface area contributed by atoms with Gasteiger partial charge in [-0.1, -0.05) is 24.3 Å². The van der Waals surface area contributed by atoms with Crippen LogP contribution in [0.1, 0.15) is 15.9 Å². The summed E-state index contributed by atoms with van der Waals surface area (Å²) >= 11 is 1.21. The third-order valence-electron chi connectivity index (χ3n) is 4.64. The van der Waals surface area contributed by atoms with Crippen molar-refractivity contribution in [3.63, 3.8) is 0 Å². The fourth-order valence-corrected chi connectivity index (χ4v) is 3.83. The SMILES string of the molecule is COc1cc(/C=C2\SC(=Nc3ccccc3)NC2=O)ccc1OC(=O)c1ccc([N+](=O)[O-])cc1. The lowest BCUT2D eigenvalue weighted by molar-refractivity contribution is -0.384. The predicted molar refractivity (Wildman–Crippen MR) is 128 cm³/mol. The van der Waals surface area contributed by atoms with Crippen molar-refractivity contribution in [1.82, 2.24) is 5.32 Å². The highest BCUT2D eigenvalue weighted by molar-refractivity contribution is 8.18. The molecular weight excluding hydrogens is 458 g/mol. The predicted octanol–water partition coefficient (Wildman–Crippen LogP) is 4.71. The Kier molecular flexibility index (Phi) is 6.69. The normalized spacial score (nSPS) is 15.3. The van der Waals surface area contributed by atoms with Crippen LogP contribution in [-0.2, 0) is 4.79 Å². The van der Waals surface area contributed by atoms with Crippen LogP contribution >= 0.6 is 11.8 Å². The molecule has 1 aliphatic rings. The van der Waals surface area contributed by atoms with Crippen LogP contribution in [0.25, 0.3) is 6.08 Å². The number of thioether (sulfide) groups is 1. The van der Waals surface area contributed by atoms with Crippen LogP contribution in [0.3, 0.4) is 0 Å². The van der Waals surface area contributed by atoms with Gasteiger partial charge >= 0.3 is 5.97 Å². The van der Waals surface area contributed by atoms with Gasteiger partial charge in [0.05, 0.1) is 28.2 Å². The van der Waals surface area contributed by atoms with Crippen molar-refractivity contribution in [2.75, 3.05) is 7.11 Å². The van der Waals surface area contributed by atoms with E-state index < -0.39 is 10.9 Å². The number of ether oxygens (including phenoxy) is 2. The van der Waals surface area contributed by atoms with Gasteiger partial charge in [0.15, 0.2) is 16.7 Å². The minimum absolute atomic E-state index is 0.127. The molecule has 0 unspecified atom stereocenters. The fraction of sp³-hybridized carbons (Fsp3) is 0.0417. The van der Waals surface area contributed by atoms with Crippen LogP contribution in [0.5, 0.6) is 11.5 Å². The summed E-state index contributed by atoms with van der Waals surface area (Å²) in [5, 5.41) is 14.0. The molecule has 0 aliphatic carbocycles. The average molecular weight is 475 g/mol. The Hall–Kier alpha value is -4.44. The van der Waals surface area contributed by atoms with Crippen molar-refractivity contribution in [2.45, 2.75) is 0 Å². The number of para-hydroxylation sites is 1. The summed E-state index contributed by atoms with van der Waals surface area (Å²) in [5.41, 5.74) is 1.42. The number of rotatable bonds is 6. The Morgan fingerprint density at radius 1 is 1.06 bits per heavy atom. The molecule has 1 aliphatic heterocycles. The number of hydrogen-bond donors (Lipinski definition) is 1. The lowest BCUT2D eigenvalue weighted by Crippen LogP contribution is -2.19. The number of aliphatic imine (C=N–C) groups is 1. The molecule has 1 saturated heterocycles. The molecule has 170 valence electrons. The van der Waals surface area contributed by atoms with Crippen LogP contribution in [0.2, 0.25) is 0 Å². The monoisotopic (exact) mass is 475 g/mol. The van der Waals surface area contributed by atoms with Crippen molar-refractivity contribution in [2.24, 2.45) is 4.99 Å². The maximum Gasteiger partial charge on any atom is 0.343 e. The number of carbonyl (C=O) groups is 2. The van der Waals surface area contributed by atoms with E-state index in [0.29, 0.717) is 15.6 Å². The Morgan fingerprint density at radius 3 is 2.47 bits per heavy atom. The molecule has 9 nitrogen and oxygen atoms in total. The molecule has 3 aromatic rings. The molecule has 1 fully saturated rings. The second kappa shape index (κ2) is 10.0. The zero-order valence-electron chi connectivity index (χ0n) is 17.8. The highest BCUT2D eigenvalue weighted by atomic mass is 32.2. The minimum atomic E-state index is -0.688. The maximum atomic E-state index is 12.4. The van der Waals surface area contributed by atoms with E-state index in [-0.39, 0.29) is 28.7 Å². The minimum Gasteiger partial charge on any atom is -0.493 e. The van der Waals surface area contributed by atoms with Crippen LogP contribution in [0.15, 0.2) is 82.7 Å². The van der Waals surface area contributed by atoms with Crippen LogP contribution in [0, 0.1) is 10.1 Å². The topological polar surface area (TPSA) is 120 Å². The number of hydrogen-bond acceptors (Lipinski definition) is 8. The molecule has 1 heterocycles. The number of nitro benzene ring substituents is 1. The molecule has 0 saturated carbocycles. The van der Waals surface area contributed by atoms with E-state index in [0.717, 1.165) is 5.69 Å². The van der Waals surface area contributed by atoms with Crippen molar-refractivity contribution in [3.05, 3.63) is 98.9 Å². The summed E-state index contributed by atoms with van der Waals surface area (Å²) in [6.07, 6.45) is 1.68. The van der Waals surface area contributed by atoms with E-state index in [1.807, 2.05) is 30.3 Å². The third-order valence-corrected chi connectivity index (χ3v) is 5.55. The number of nitro groups is 1. The van der Waals surface area contributed by atoms with E-state index >= 15 is 0 Å². The van der Waals surface area contributed by atoms with Crippen molar-refractivity contribution in [3.8, 4) is 11.5 Å². The number of nitrogens with zero attached hydrogens (tertiary/aromatic N) is 2. The summed E-state index contributed by atoms with van der Waals surface area (Å²) in [7, 11) is 1.43. The first-order chi connectivity index (χ1) is 16.4. The van der Waals surface area contributed by atoms with Gasteiger partial charge in [-0.05, 0) is 59.8 Å². The van der Waals surface area contributed by atoms with Crippen LogP contribution in [-0.4, -0.2) is 29.1 Å². The van der Waals surface area contributed by atoms with Gasteiger partial charge in [-0.15, -0.1) is 0 Å². The average Bonchev–Trinajstić information content (AvgIpc) is 3.18. The lowest BCUT2D eigenvalue weighted by atomic mass is 10.1. The van der Waals surface area contributed by atoms with Gasteiger partial charge in [0.1, 0.15) is 0 Å². The van der Waals surface area contributed by atoms with E-state index in [1.165, 1.54) is 43.1 Å². The summed E-state index contributed by atoms with van der Waals surface area (Å²) in [4.78, 5) is 39.9. The van der Waals surface area contributed by atoms with Gasteiger partial charge in [-0.3, -0.25) is 14.9 Å². The molecule has 0 bridgehead atoms. The van der Waals surface area contributed by atoms with E-state index in [9.17, 15) is 19.7 Å². The summed E-state index contributed by atoms with van der Waals surface area (Å²) < 4.78 is 10.7. The molecule has 0 atom stereocenters. The van der Waals surface area contributed by atoms with Gasteiger partial charge in [-0.25, -0.2) is 9.79 Å². The smallest absolute Gasteiger partial charge is 0.343 e. The van der Waals surface area contributed by atoms with Gasteiger partial charge in [0.25, 0.3) is 11.6 Å². The largest absolute Gasteiger partial charge is 0.493 e. The molecule has 1 amide bonds. The highest BCUT2D eigenvalue weighted by Gasteiger charge is 2.24. The number of non-ortho nitro benzene ring substituents is 1. The van der Waals surface area contributed by atoms with Crippen molar-refractivity contribution < 1.29 is 24.0 Å². The van der Waals surface area contributed by atoms with Gasteiger partial charge in [-0.2, -0.15) is 0 Å². The Balaban J connectivity index is 1.50. The number of carbonyl (C=O) groups excluding carboxylic acids is 2. The Labute approximate surface area is 198 Å². The number of amidine groups is 1. The first kappa shape index (κ1) is 22.7. The fourth-order valence-electron chi connectivity index (χ4n) is 2.99. The van der Waals surface area contributed by atoms with E-state index in [2.05, 4.69) is 10.3 Å². The number of methoxy groups -OCH3 is 1. The summed E-state index contributed by atoms with van der Waals surface area (Å²) in [5.74, 6) is -0.506. The molecule has 10 heteroatoms. The first-order valence-electron chi connectivity index (χ1n) is 9.92. The summed E-state index contributed by atoms with van der Waals surface area (Å²) in [6, 6.07) is 19.2. The second-order valence-corrected chi connectivity index (χ2v) is 7.95. The quantitative estimate of drug-likeness (QED) is 0.180. The molecule has 34 heavy (non-hydrogen) atoms. The number of nitrogens with one attached hydrogen (secondary N) is 1. The van der Waals surface area contributed by atoms with Crippen molar-refractivity contribution in [1.29, 1.82) is 0 Å². The van der Waals surface area contributed by atoms with Crippen molar-refractivity contribution >= 4 is 46.3 Å². The van der Waals surface area contributed by atoms with Gasteiger partial charge < -0.3 is 14.8 Å². The van der Waals surface area contributed by atoms with E-state index in [1.54, 1.807) is 24.3 Å². The molecule has 0 spiro atoms. The van der Waals surface area contributed by atoms with Gasteiger partial charge in [0.2, 0.25) is 0 Å². The standard InChI is InChI=1S/C24H17N3O6S/c1-32-20-13-15(14-21-22(28)26-24(34-21)25-17-5-3-2-4-6-17)7-12-19(20)33-23(29)16-8-10-18(11-9-16)27(30)31/h2-14H,1H3,(H,25,26,28)/b21-14-. The second-order valence-electron chi connectivity index (χ2n) is 6.92. The van der Waals surface area contributed by atoms with E-state index in [4.69, 9.17) is 9.47 Å². The Morgan fingerprint density at radius 2 is 1.79 bits per heavy atom. The summed E-state index contributed by atoms with van der Waals surface area (Å²) in [6.45, 7) is 0. The number of amides is 1. The maximum absolute atomic E-state index is 12.4. The molecular formula is C24H17N3O6S. The Bertz CT molecular complexity index is 1320. The molecule has 0 aromatic heterocycles. The molecule has 0 radical (unpaired) electrons. The molecule has 1 N–H and O–H groups in total. The van der Waals surface area contributed by atoms with Crippen LogP contribution in [0.4, 0.5) is 11.4 Å². The van der Waals surface area contributed by atoms with Crippen LogP contribution < -0.4 is 14.8 Å². The first-order valence-corrected chi connectivity index (χ1v) is 10.7.